The van der Waals surface area contributed by atoms with Crippen molar-refractivity contribution in [3.05, 3.63) is 42.1 Å². The van der Waals surface area contributed by atoms with Crippen LogP contribution in [0.1, 0.15) is 47.7 Å². The smallest absolute Gasteiger partial charge is 0.267 e. The lowest BCUT2D eigenvalue weighted by Gasteiger charge is -2.26. The number of imidazole rings is 1. The molecule has 3 rings (SSSR count). The third kappa shape index (κ3) is 2.80. The van der Waals surface area contributed by atoms with E-state index in [2.05, 4.69) is 9.97 Å². The molecule has 2 aromatic rings. The number of aliphatic hydroxyl groups is 1. The SMILES string of the molecule is NC(=O)c1nc(-n2ccnc2)ccc1C1CCC(O)CC1. The van der Waals surface area contributed by atoms with Gasteiger partial charge in [0.2, 0.25) is 0 Å². The van der Waals surface area contributed by atoms with Gasteiger partial charge in [-0.2, -0.15) is 0 Å². The minimum atomic E-state index is -0.516. The van der Waals surface area contributed by atoms with Crippen LogP contribution in [0.2, 0.25) is 0 Å². The van der Waals surface area contributed by atoms with Gasteiger partial charge >= 0.3 is 0 Å². The van der Waals surface area contributed by atoms with Crippen molar-refractivity contribution in [1.29, 1.82) is 0 Å². The number of pyridine rings is 1. The van der Waals surface area contributed by atoms with E-state index in [1.807, 2.05) is 12.1 Å². The molecule has 6 nitrogen and oxygen atoms in total. The van der Waals surface area contributed by atoms with Crippen LogP contribution in [0.5, 0.6) is 0 Å². The number of carbonyl (C=O) groups is 1. The average Bonchev–Trinajstić information content (AvgIpc) is 3.02. The molecule has 110 valence electrons. The van der Waals surface area contributed by atoms with Crippen LogP contribution < -0.4 is 5.73 Å². The molecule has 0 radical (unpaired) electrons. The van der Waals surface area contributed by atoms with Gasteiger partial charge in [-0.25, -0.2) is 9.97 Å². The molecule has 0 unspecified atom stereocenters. The van der Waals surface area contributed by atoms with Crippen molar-refractivity contribution >= 4 is 5.91 Å². The predicted octanol–water partition coefficient (Wildman–Crippen LogP) is 1.38. The zero-order valence-corrected chi connectivity index (χ0v) is 11.6. The predicted molar refractivity (Wildman–Crippen MR) is 77.1 cm³/mol. The highest BCUT2D eigenvalue weighted by atomic mass is 16.3. The quantitative estimate of drug-likeness (QED) is 0.891. The van der Waals surface area contributed by atoms with Gasteiger partial charge < -0.3 is 10.8 Å². The first-order chi connectivity index (χ1) is 10.1. The lowest BCUT2D eigenvalue weighted by atomic mass is 9.82. The summed E-state index contributed by atoms with van der Waals surface area (Å²) < 4.78 is 1.74. The van der Waals surface area contributed by atoms with Crippen LogP contribution >= 0.6 is 0 Å². The van der Waals surface area contributed by atoms with Gasteiger partial charge in [-0.15, -0.1) is 0 Å². The minimum Gasteiger partial charge on any atom is -0.393 e. The molecule has 6 heteroatoms. The number of nitrogens with two attached hydrogens (primary N) is 1. The fraction of sp³-hybridized carbons (Fsp3) is 0.400. The van der Waals surface area contributed by atoms with E-state index in [0.717, 1.165) is 31.2 Å². The first kappa shape index (κ1) is 13.8. The number of rotatable bonds is 3. The number of primary amides is 1. The fourth-order valence-electron chi connectivity index (χ4n) is 2.91. The number of amides is 1. The van der Waals surface area contributed by atoms with Gasteiger partial charge in [-0.3, -0.25) is 9.36 Å². The van der Waals surface area contributed by atoms with E-state index >= 15 is 0 Å². The van der Waals surface area contributed by atoms with Crippen molar-refractivity contribution < 1.29 is 9.90 Å². The van der Waals surface area contributed by atoms with Gasteiger partial charge in [0.15, 0.2) is 0 Å². The van der Waals surface area contributed by atoms with E-state index in [1.54, 1.807) is 23.3 Å². The molecule has 1 amide bonds. The zero-order chi connectivity index (χ0) is 14.8. The molecule has 1 fully saturated rings. The monoisotopic (exact) mass is 286 g/mol. The summed E-state index contributed by atoms with van der Waals surface area (Å²) in [7, 11) is 0. The maximum Gasteiger partial charge on any atom is 0.267 e. The highest BCUT2D eigenvalue weighted by Gasteiger charge is 2.25. The molecular weight excluding hydrogens is 268 g/mol. The van der Waals surface area contributed by atoms with E-state index in [1.165, 1.54) is 0 Å². The van der Waals surface area contributed by atoms with Crippen molar-refractivity contribution in [2.75, 3.05) is 0 Å². The van der Waals surface area contributed by atoms with E-state index in [0.29, 0.717) is 11.5 Å². The van der Waals surface area contributed by atoms with E-state index in [9.17, 15) is 9.90 Å². The molecule has 2 heterocycles. The lowest BCUT2D eigenvalue weighted by Crippen LogP contribution is -2.22. The summed E-state index contributed by atoms with van der Waals surface area (Å²) in [5.41, 5.74) is 6.70. The van der Waals surface area contributed by atoms with E-state index in [-0.39, 0.29) is 12.0 Å². The Morgan fingerprint density at radius 1 is 1.29 bits per heavy atom. The largest absolute Gasteiger partial charge is 0.393 e. The molecule has 0 spiro atoms. The Morgan fingerprint density at radius 3 is 2.67 bits per heavy atom. The van der Waals surface area contributed by atoms with E-state index in [4.69, 9.17) is 5.73 Å². The van der Waals surface area contributed by atoms with Crippen molar-refractivity contribution in [2.24, 2.45) is 5.73 Å². The number of nitrogens with zero attached hydrogens (tertiary/aromatic N) is 3. The van der Waals surface area contributed by atoms with Crippen LogP contribution in [-0.4, -0.2) is 31.7 Å². The third-order valence-electron chi connectivity index (χ3n) is 4.05. The van der Waals surface area contributed by atoms with Crippen molar-refractivity contribution in [1.82, 2.24) is 14.5 Å². The van der Waals surface area contributed by atoms with Gasteiger partial charge in [0, 0.05) is 12.4 Å². The number of carbonyl (C=O) groups excluding carboxylic acids is 1. The van der Waals surface area contributed by atoms with Crippen LogP contribution in [0.4, 0.5) is 0 Å². The zero-order valence-electron chi connectivity index (χ0n) is 11.6. The molecule has 0 saturated heterocycles. The molecule has 2 aromatic heterocycles. The first-order valence-corrected chi connectivity index (χ1v) is 7.12. The van der Waals surface area contributed by atoms with Crippen LogP contribution in [0.25, 0.3) is 5.82 Å². The van der Waals surface area contributed by atoms with Crippen LogP contribution in [0.3, 0.4) is 0 Å². The summed E-state index contributed by atoms with van der Waals surface area (Å²) in [6, 6.07) is 3.79. The van der Waals surface area contributed by atoms with Gasteiger partial charge in [0.1, 0.15) is 17.8 Å². The van der Waals surface area contributed by atoms with Crippen LogP contribution in [0.15, 0.2) is 30.9 Å². The topological polar surface area (TPSA) is 94.0 Å². The summed E-state index contributed by atoms with van der Waals surface area (Å²) in [6.07, 6.45) is 8.05. The maximum absolute atomic E-state index is 11.7. The Hall–Kier alpha value is -2.21. The summed E-state index contributed by atoms with van der Waals surface area (Å²) in [5.74, 6) is 0.346. The molecule has 0 atom stereocenters. The fourth-order valence-corrected chi connectivity index (χ4v) is 2.91. The Kier molecular flexibility index (Phi) is 3.70. The molecule has 0 aromatic carbocycles. The second-order valence-electron chi connectivity index (χ2n) is 5.45. The first-order valence-electron chi connectivity index (χ1n) is 7.12. The molecular formula is C15H18N4O2. The standard InChI is InChI=1S/C15H18N4O2/c16-15(21)14-12(10-1-3-11(20)4-2-10)5-6-13(18-14)19-8-7-17-9-19/h5-11,20H,1-4H2,(H2,16,21). The van der Waals surface area contributed by atoms with Crippen LogP contribution in [0, 0.1) is 0 Å². The van der Waals surface area contributed by atoms with Crippen molar-refractivity contribution in [3.8, 4) is 5.82 Å². The Balaban J connectivity index is 1.95. The maximum atomic E-state index is 11.7. The summed E-state index contributed by atoms with van der Waals surface area (Å²) in [4.78, 5) is 20.1. The van der Waals surface area contributed by atoms with Gasteiger partial charge in [0.25, 0.3) is 5.91 Å². The molecule has 21 heavy (non-hydrogen) atoms. The average molecular weight is 286 g/mol. The number of aliphatic hydroxyl groups excluding tert-OH is 1. The summed E-state index contributed by atoms with van der Waals surface area (Å²) >= 11 is 0. The lowest BCUT2D eigenvalue weighted by molar-refractivity contribution is 0.0991. The van der Waals surface area contributed by atoms with E-state index < -0.39 is 5.91 Å². The minimum absolute atomic E-state index is 0.226. The van der Waals surface area contributed by atoms with Crippen molar-refractivity contribution in [2.45, 2.75) is 37.7 Å². The number of aromatic nitrogens is 3. The van der Waals surface area contributed by atoms with Crippen LogP contribution in [-0.2, 0) is 0 Å². The summed E-state index contributed by atoms with van der Waals surface area (Å²) in [6.45, 7) is 0. The van der Waals surface area contributed by atoms with Gasteiger partial charge in [0.05, 0.1) is 6.10 Å². The second-order valence-corrected chi connectivity index (χ2v) is 5.45. The molecule has 1 aliphatic carbocycles. The van der Waals surface area contributed by atoms with Gasteiger partial charge in [-0.05, 0) is 43.2 Å². The van der Waals surface area contributed by atoms with Crippen molar-refractivity contribution in [3.63, 3.8) is 0 Å². The molecule has 0 aliphatic heterocycles. The molecule has 1 aliphatic rings. The Morgan fingerprint density at radius 2 is 2.05 bits per heavy atom. The third-order valence-corrected chi connectivity index (χ3v) is 4.05. The Bertz CT molecular complexity index is 631. The highest BCUT2D eigenvalue weighted by molar-refractivity contribution is 5.92. The molecule has 1 saturated carbocycles. The molecule has 0 bridgehead atoms. The number of hydrogen-bond acceptors (Lipinski definition) is 4. The van der Waals surface area contributed by atoms with Gasteiger partial charge in [-0.1, -0.05) is 6.07 Å². The highest BCUT2D eigenvalue weighted by Crippen LogP contribution is 2.34. The Labute approximate surface area is 122 Å². The normalized spacial score (nSPS) is 22.1. The number of hydrogen-bond donors (Lipinski definition) is 2. The second kappa shape index (κ2) is 5.65. The summed E-state index contributed by atoms with van der Waals surface area (Å²) in [5, 5.41) is 9.60. The molecule has 3 N–H and O–H groups in total.